The summed E-state index contributed by atoms with van der Waals surface area (Å²) in [5, 5.41) is 16.1. The molecule has 0 aromatic carbocycles. The van der Waals surface area contributed by atoms with Crippen molar-refractivity contribution in [3.05, 3.63) is 12.4 Å². The van der Waals surface area contributed by atoms with Gasteiger partial charge in [0, 0.05) is 18.1 Å². The zero-order valence-electron chi connectivity index (χ0n) is 10.0. The molecule has 0 bridgehead atoms. The number of nitriles is 1. The molecule has 0 fully saturated rings. The van der Waals surface area contributed by atoms with E-state index in [9.17, 15) is 0 Å². The van der Waals surface area contributed by atoms with Crippen LogP contribution in [-0.2, 0) is 7.05 Å². The second-order valence-corrected chi connectivity index (χ2v) is 5.16. The number of hydrogen-bond acceptors (Lipinski definition) is 4. The van der Waals surface area contributed by atoms with E-state index in [2.05, 4.69) is 16.5 Å². The van der Waals surface area contributed by atoms with Crippen LogP contribution in [0.4, 0.5) is 0 Å². The summed E-state index contributed by atoms with van der Waals surface area (Å²) in [4.78, 5) is 1.19. The van der Waals surface area contributed by atoms with Crippen LogP contribution in [0, 0.1) is 11.3 Å². The van der Waals surface area contributed by atoms with Crippen molar-refractivity contribution in [1.29, 1.82) is 5.26 Å². The molecule has 0 spiro atoms. The first-order valence-corrected chi connectivity index (χ1v) is 6.30. The number of aryl methyl sites for hydroxylation is 1. The molecule has 4 nitrogen and oxygen atoms in total. The van der Waals surface area contributed by atoms with Crippen molar-refractivity contribution in [2.45, 2.75) is 30.2 Å². The molecule has 1 heterocycles. The number of hydrogen-bond donors (Lipinski definition) is 1. The Hall–Kier alpha value is -0.990. The summed E-state index contributed by atoms with van der Waals surface area (Å²) in [6.45, 7) is 1.93. The Kier molecular flexibility index (Phi) is 4.84. The van der Waals surface area contributed by atoms with Gasteiger partial charge in [0.15, 0.2) is 0 Å². The Morgan fingerprint density at radius 2 is 2.44 bits per heavy atom. The Morgan fingerprint density at radius 3 is 2.94 bits per heavy atom. The maximum atomic E-state index is 8.97. The normalized spacial score (nSPS) is 14.4. The molecule has 0 aliphatic carbocycles. The van der Waals surface area contributed by atoms with Crippen LogP contribution in [0.5, 0.6) is 0 Å². The van der Waals surface area contributed by atoms with Crippen LogP contribution in [0.15, 0.2) is 17.3 Å². The second-order valence-electron chi connectivity index (χ2n) is 4.00. The molecule has 0 radical (unpaired) electrons. The minimum atomic E-state index is -0.393. The average Bonchev–Trinajstić information content (AvgIpc) is 2.70. The van der Waals surface area contributed by atoms with Gasteiger partial charge in [-0.1, -0.05) is 0 Å². The molecule has 1 unspecified atom stereocenters. The van der Waals surface area contributed by atoms with Crippen molar-refractivity contribution >= 4 is 11.8 Å². The van der Waals surface area contributed by atoms with E-state index in [0.717, 1.165) is 18.6 Å². The Bertz CT molecular complexity index is 368. The van der Waals surface area contributed by atoms with E-state index in [1.54, 1.807) is 16.4 Å². The van der Waals surface area contributed by atoms with Crippen molar-refractivity contribution in [2.24, 2.45) is 7.05 Å². The van der Waals surface area contributed by atoms with E-state index in [0.29, 0.717) is 0 Å². The molecule has 5 heteroatoms. The highest BCUT2D eigenvalue weighted by atomic mass is 32.2. The molecule has 1 atom stereocenters. The van der Waals surface area contributed by atoms with Gasteiger partial charge in [-0.2, -0.15) is 10.4 Å². The van der Waals surface area contributed by atoms with Gasteiger partial charge in [0.05, 0.1) is 12.3 Å². The SMILES string of the molecule is CNC(C)(C#N)CCCSc1cnn(C)c1. The van der Waals surface area contributed by atoms with E-state index in [1.165, 1.54) is 4.90 Å². The third kappa shape index (κ3) is 3.87. The van der Waals surface area contributed by atoms with Gasteiger partial charge in [-0.25, -0.2) is 0 Å². The van der Waals surface area contributed by atoms with Gasteiger partial charge in [0.25, 0.3) is 0 Å². The zero-order chi connectivity index (χ0) is 12.0. The van der Waals surface area contributed by atoms with Crippen molar-refractivity contribution in [2.75, 3.05) is 12.8 Å². The Balaban J connectivity index is 2.24. The average molecular weight is 238 g/mol. The standard InChI is InChI=1S/C11H18N4S/c1-11(9-12,13-2)5-4-6-16-10-7-14-15(3)8-10/h7-8,13H,4-6H2,1-3H3. The first kappa shape index (κ1) is 13.1. The van der Waals surface area contributed by atoms with E-state index in [4.69, 9.17) is 5.26 Å². The molecule has 1 aromatic heterocycles. The lowest BCUT2D eigenvalue weighted by molar-refractivity contribution is 0.451. The predicted octanol–water partition coefficient (Wildman–Crippen LogP) is 1.79. The first-order valence-electron chi connectivity index (χ1n) is 5.31. The van der Waals surface area contributed by atoms with Crippen LogP contribution in [0.1, 0.15) is 19.8 Å². The third-order valence-corrected chi connectivity index (χ3v) is 3.61. The van der Waals surface area contributed by atoms with Crippen LogP contribution >= 0.6 is 11.8 Å². The zero-order valence-corrected chi connectivity index (χ0v) is 10.8. The molecule has 0 aliphatic rings. The summed E-state index contributed by atoms with van der Waals surface area (Å²) >= 11 is 1.78. The lowest BCUT2D eigenvalue weighted by Gasteiger charge is -2.19. The van der Waals surface area contributed by atoms with Crippen molar-refractivity contribution in [3.63, 3.8) is 0 Å². The summed E-state index contributed by atoms with van der Waals surface area (Å²) in [6.07, 6.45) is 5.76. The highest BCUT2D eigenvalue weighted by molar-refractivity contribution is 7.99. The Morgan fingerprint density at radius 1 is 1.69 bits per heavy atom. The number of nitrogens with zero attached hydrogens (tertiary/aromatic N) is 3. The third-order valence-electron chi connectivity index (χ3n) is 2.57. The number of thioether (sulfide) groups is 1. The lowest BCUT2D eigenvalue weighted by atomic mass is 9.99. The van der Waals surface area contributed by atoms with Gasteiger partial charge in [0.2, 0.25) is 0 Å². The van der Waals surface area contributed by atoms with Gasteiger partial charge in [0.1, 0.15) is 5.54 Å². The summed E-state index contributed by atoms with van der Waals surface area (Å²) in [7, 11) is 3.75. The van der Waals surface area contributed by atoms with Crippen molar-refractivity contribution in [1.82, 2.24) is 15.1 Å². The van der Waals surface area contributed by atoms with Crippen molar-refractivity contribution in [3.8, 4) is 6.07 Å². The molecular formula is C11H18N4S. The van der Waals surface area contributed by atoms with Crippen LogP contribution in [0.25, 0.3) is 0 Å². The quantitative estimate of drug-likeness (QED) is 0.606. The largest absolute Gasteiger partial charge is 0.303 e. The van der Waals surface area contributed by atoms with Gasteiger partial charge in [-0.15, -0.1) is 11.8 Å². The monoisotopic (exact) mass is 238 g/mol. The van der Waals surface area contributed by atoms with E-state index < -0.39 is 5.54 Å². The number of nitrogens with one attached hydrogen (secondary N) is 1. The fourth-order valence-electron chi connectivity index (χ4n) is 1.33. The molecule has 0 saturated heterocycles. The summed E-state index contributed by atoms with van der Waals surface area (Å²) in [6, 6.07) is 2.29. The number of aromatic nitrogens is 2. The summed E-state index contributed by atoms with van der Waals surface area (Å²) in [5.74, 6) is 1.02. The topological polar surface area (TPSA) is 53.6 Å². The van der Waals surface area contributed by atoms with Gasteiger partial charge in [-0.05, 0) is 32.6 Å². The molecule has 0 amide bonds. The molecular weight excluding hydrogens is 220 g/mol. The fraction of sp³-hybridized carbons (Fsp3) is 0.636. The molecule has 0 saturated carbocycles. The fourth-order valence-corrected chi connectivity index (χ4v) is 2.20. The highest BCUT2D eigenvalue weighted by Gasteiger charge is 2.19. The van der Waals surface area contributed by atoms with Gasteiger partial charge >= 0.3 is 0 Å². The van der Waals surface area contributed by atoms with Crippen molar-refractivity contribution < 1.29 is 0 Å². The van der Waals surface area contributed by atoms with E-state index in [-0.39, 0.29) is 0 Å². The molecule has 88 valence electrons. The number of rotatable bonds is 6. The van der Waals surface area contributed by atoms with Gasteiger partial charge < -0.3 is 5.32 Å². The second kappa shape index (κ2) is 5.92. The molecule has 16 heavy (non-hydrogen) atoms. The molecule has 0 aliphatic heterocycles. The van der Waals surface area contributed by atoms with Crippen LogP contribution in [0.2, 0.25) is 0 Å². The highest BCUT2D eigenvalue weighted by Crippen LogP contribution is 2.20. The molecule has 1 aromatic rings. The minimum absolute atomic E-state index is 0.393. The first-order chi connectivity index (χ1) is 7.59. The van der Waals surface area contributed by atoms with Crippen LogP contribution in [0.3, 0.4) is 0 Å². The minimum Gasteiger partial charge on any atom is -0.303 e. The lowest BCUT2D eigenvalue weighted by Crippen LogP contribution is -2.37. The Labute approximate surface area is 101 Å². The molecule has 1 N–H and O–H groups in total. The predicted molar refractivity (Wildman–Crippen MR) is 66.2 cm³/mol. The maximum Gasteiger partial charge on any atom is 0.103 e. The van der Waals surface area contributed by atoms with Gasteiger partial charge in [-0.3, -0.25) is 4.68 Å². The summed E-state index contributed by atoms with van der Waals surface area (Å²) in [5.41, 5.74) is -0.393. The van der Waals surface area contributed by atoms with Crippen LogP contribution < -0.4 is 5.32 Å². The summed E-state index contributed by atoms with van der Waals surface area (Å²) < 4.78 is 1.80. The van der Waals surface area contributed by atoms with E-state index >= 15 is 0 Å². The van der Waals surface area contributed by atoms with E-state index in [1.807, 2.05) is 33.4 Å². The molecule has 1 rings (SSSR count). The van der Waals surface area contributed by atoms with Crippen LogP contribution in [-0.4, -0.2) is 28.1 Å². The smallest absolute Gasteiger partial charge is 0.103 e. The maximum absolute atomic E-state index is 8.97.